The Morgan fingerprint density at radius 3 is 2.59 bits per heavy atom. The lowest BCUT2D eigenvalue weighted by Crippen LogP contribution is -2.10. The Bertz CT molecular complexity index is 477. The molecule has 0 atom stereocenters. The van der Waals surface area contributed by atoms with E-state index in [9.17, 15) is 4.79 Å². The Morgan fingerprint density at radius 2 is 2.00 bits per heavy atom. The SMILES string of the molecule is NCCOc1ccc(C(=O)c2cccs2)cc1. The number of thiophene rings is 1. The molecule has 1 aromatic heterocycles. The highest BCUT2D eigenvalue weighted by molar-refractivity contribution is 7.12. The van der Waals surface area contributed by atoms with Crippen molar-refractivity contribution in [2.24, 2.45) is 5.73 Å². The summed E-state index contributed by atoms with van der Waals surface area (Å²) in [7, 11) is 0. The molecule has 0 spiro atoms. The summed E-state index contributed by atoms with van der Waals surface area (Å²) in [5, 5.41) is 1.89. The van der Waals surface area contributed by atoms with Crippen LogP contribution < -0.4 is 10.5 Å². The molecule has 17 heavy (non-hydrogen) atoms. The maximum atomic E-state index is 12.0. The van der Waals surface area contributed by atoms with Crippen molar-refractivity contribution in [2.75, 3.05) is 13.2 Å². The van der Waals surface area contributed by atoms with E-state index in [2.05, 4.69) is 0 Å². The molecule has 1 aromatic carbocycles. The van der Waals surface area contributed by atoms with Gasteiger partial charge in [0.15, 0.2) is 0 Å². The van der Waals surface area contributed by atoms with Crippen LogP contribution in [0, 0.1) is 0 Å². The maximum Gasteiger partial charge on any atom is 0.202 e. The van der Waals surface area contributed by atoms with E-state index in [1.807, 2.05) is 17.5 Å². The third-order valence-corrected chi connectivity index (χ3v) is 3.12. The van der Waals surface area contributed by atoms with Crippen LogP contribution in [0.15, 0.2) is 41.8 Å². The first-order valence-electron chi connectivity index (χ1n) is 5.32. The van der Waals surface area contributed by atoms with E-state index in [0.717, 1.165) is 10.6 Å². The summed E-state index contributed by atoms with van der Waals surface area (Å²) in [6, 6.07) is 10.8. The lowest BCUT2D eigenvalue weighted by molar-refractivity contribution is 0.104. The summed E-state index contributed by atoms with van der Waals surface area (Å²) in [6.07, 6.45) is 0. The molecule has 2 aromatic rings. The topological polar surface area (TPSA) is 52.3 Å². The number of ketones is 1. The number of hydrogen-bond acceptors (Lipinski definition) is 4. The zero-order valence-electron chi connectivity index (χ0n) is 9.26. The third kappa shape index (κ3) is 2.93. The van der Waals surface area contributed by atoms with Crippen LogP contribution in [-0.2, 0) is 0 Å². The minimum Gasteiger partial charge on any atom is -0.492 e. The molecule has 0 aliphatic heterocycles. The number of hydrogen-bond donors (Lipinski definition) is 1. The summed E-state index contributed by atoms with van der Waals surface area (Å²) >= 11 is 1.45. The number of ether oxygens (including phenoxy) is 1. The van der Waals surface area contributed by atoms with Gasteiger partial charge in [0.1, 0.15) is 12.4 Å². The zero-order valence-corrected chi connectivity index (χ0v) is 10.1. The molecule has 2 rings (SSSR count). The number of carbonyl (C=O) groups excluding carboxylic acids is 1. The van der Waals surface area contributed by atoms with Crippen LogP contribution in [0.2, 0.25) is 0 Å². The van der Waals surface area contributed by atoms with E-state index in [1.165, 1.54) is 11.3 Å². The highest BCUT2D eigenvalue weighted by Gasteiger charge is 2.09. The predicted molar refractivity (Wildman–Crippen MR) is 68.7 cm³/mol. The Kier molecular flexibility index (Phi) is 3.90. The number of benzene rings is 1. The van der Waals surface area contributed by atoms with Crippen LogP contribution in [0.1, 0.15) is 15.2 Å². The van der Waals surface area contributed by atoms with Crippen LogP contribution >= 0.6 is 11.3 Å². The summed E-state index contributed by atoms with van der Waals surface area (Å²) in [5.41, 5.74) is 6.01. The molecule has 0 saturated heterocycles. The van der Waals surface area contributed by atoms with Gasteiger partial charge in [0.25, 0.3) is 0 Å². The van der Waals surface area contributed by atoms with Crippen LogP contribution in [-0.4, -0.2) is 18.9 Å². The fourth-order valence-corrected chi connectivity index (χ4v) is 2.12. The normalized spacial score (nSPS) is 10.2. The molecule has 3 nitrogen and oxygen atoms in total. The van der Waals surface area contributed by atoms with Gasteiger partial charge in [-0.05, 0) is 35.7 Å². The molecule has 0 radical (unpaired) electrons. The molecule has 0 unspecified atom stereocenters. The molecular weight excluding hydrogens is 234 g/mol. The predicted octanol–water partition coefficient (Wildman–Crippen LogP) is 2.32. The monoisotopic (exact) mass is 247 g/mol. The molecule has 4 heteroatoms. The number of carbonyl (C=O) groups is 1. The van der Waals surface area contributed by atoms with Crippen molar-refractivity contribution in [3.8, 4) is 5.75 Å². The lowest BCUT2D eigenvalue weighted by Gasteiger charge is -2.04. The lowest BCUT2D eigenvalue weighted by atomic mass is 10.1. The Hall–Kier alpha value is -1.65. The summed E-state index contributed by atoms with van der Waals surface area (Å²) < 4.78 is 5.35. The molecule has 0 amide bonds. The third-order valence-electron chi connectivity index (χ3n) is 2.25. The highest BCUT2D eigenvalue weighted by Crippen LogP contribution is 2.18. The second-order valence-corrected chi connectivity index (χ2v) is 4.42. The van der Waals surface area contributed by atoms with Crippen LogP contribution in [0.25, 0.3) is 0 Å². The Morgan fingerprint density at radius 1 is 1.24 bits per heavy atom. The molecule has 88 valence electrons. The van der Waals surface area contributed by atoms with Crippen LogP contribution in [0.5, 0.6) is 5.75 Å². The molecule has 2 N–H and O–H groups in total. The molecule has 0 bridgehead atoms. The van der Waals surface area contributed by atoms with Crippen molar-refractivity contribution < 1.29 is 9.53 Å². The van der Waals surface area contributed by atoms with Gasteiger partial charge in [-0.2, -0.15) is 0 Å². The highest BCUT2D eigenvalue weighted by atomic mass is 32.1. The average Bonchev–Trinajstić information content (AvgIpc) is 2.90. The van der Waals surface area contributed by atoms with Crippen molar-refractivity contribution in [2.45, 2.75) is 0 Å². The minimum atomic E-state index is 0.0466. The van der Waals surface area contributed by atoms with Crippen molar-refractivity contribution >= 4 is 17.1 Å². The van der Waals surface area contributed by atoms with Crippen molar-refractivity contribution in [3.63, 3.8) is 0 Å². The first-order chi connectivity index (χ1) is 8.31. The van der Waals surface area contributed by atoms with Gasteiger partial charge in [-0.25, -0.2) is 0 Å². The van der Waals surface area contributed by atoms with E-state index in [0.29, 0.717) is 18.7 Å². The second-order valence-electron chi connectivity index (χ2n) is 3.47. The van der Waals surface area contributed by atoms with E-state index >= 15 is 0 Å². The first-order valence-corrected chi connectivity index (χ1v) is 6.20. The smallest absolute Gasteiger partial charge is 0.202 e. The van der Waals surface area contributed by atoms with Gasteiger partial charge in [0, 0.05) is 12.1 Å². The van der Waals surface area contributed by atoms with Gasteiger partial charge >= 0.3 is 0 Å². The van der Waals surface area contributed by atoms with Gasteiger partial charge in [-0.15, -0.1) is 11.3 Å². The van der Waals surface area contributed by atoms with Gasteiger partial charge in [-0.3, -0.25) is 4.79 Å². The number of rotatable bonds is 5. The van der Waals surface area contributed by atoms with Gasteiger partial charge in [0.05, 0.1) is 4.88 Å². The van der Waals surface area contributed by atoms with E-state index < -0.39 is 0 Å². The fourth-order valence-electron chi connectivity index (χ4n) is 1.43. The molecule has 1 heterocycles. The molecule has 0 saturated carbocycles. The number of nitrogens with two attached hydrogens (primary N) is 1. The van der Waals surface area contributed by atoms with Gasteiger partial charge in [0.2, 0.25) is 5.78 Å². The molecule has 0 aliphatic carbocycles. The molecule has 0 fully saturated rings. The zero-order chi connectivity index (χ0) is 12.1. The van der Waals surface area contributed by atoms with E-state index in [-0.39, 0.29) is 5.78 Å². The van der Waals surface area contributed by atoms with Crippen molar-refractivity contribution in [1.29, 1.82) is 0 Å². The largest absolute Gasteiger partial charge is 0.492 e. The van der Waals surface area contributed by atoms with Crippen molar-refractivity contribution in [3.05, 3.63) is 52.2 Å². The maximum absolute atomic E-state index is 12.0. The van der Waals surface area contributed by atoms with Gasteiger partial charge < -0.3 is 10.5 Å². The summed E-state index contributed by atoms with van der Waals surface area (Å²) in [6.45, 7) is 0.966. The average molecular weight is 247 g/mol. The van der Waals surface area contributed by atoms with Crippen molar-refractivity contribution in [1.82, 2.24) is 0 Å². The minimum absolute atomic E-state index is 0.0466. The van der Waals surface area contributed by atoms with E-state index in [4.69, 9.17) is 10.5 Å². The fraction of sp³-hybridized carbons (Fsp3) is 0.154. The van der Waals surface area contributed by atoms with Crippen LogP contribution in [0.4, 0.5) is 0 Å². The standard InChI is InChI=1S/C13H13NO2S/c14-7-8-16-11-5-3-10(4-6-11)13(15)12-2-1-9-17-12/h1-6,9H,7-8,14H2. The second kappa shape index (κ2) is 5.61. The quantitative estimate of drug-likeness (QED) is 0.825. The van der Waals surface area contributed by atoms with Crippen LogP contribution in [0.3, 0.4) is 0 Å². The summed E-state index contributed by atoms with van der Waals surface area (Å²) in [4.78, 5) is 12.7. The Balaban J connectivity index is 2.10. The summed E-state index contributed by atoms with van der Waals surface area (Å²) in [5.74, 6) is 0.781. The van der Waals surface area contributed by atoms with Gasteiger partial charge in [-0.1, -0.05) is 6.07 Å². The Labute approximate surface area is 104 Å². The molecule has 0 aliphatic rings. The molecular formula is C13H13NO2S. The first kappa shape index (κ1) is 11.8. The van der Waals surface area contributed by atoms with E-state index in [1.54, 1.807) is 24.3 Å².